The zero-order chi connectivity index (χ0) is 7.68. The number of rotatable bonds is 0. The van der Waals surface area contributed by atoms with Crippen molar-refractivity contribution >= 4 is 17.7 Å². The maximum absolute atomic E-state index is 11.0. The molecule has 2 unspecified atom stereocenters. The number of hydrogen-bond donors (Lipinski definition) is 0. The van der Waals surface area contributed by atoms with Crippen LogP contribution in [0.25, 0.3) is 0 Å². The van der Waals surface area contributed by atoms with Crippen LogP contribution in [0.4, 0.5) is 0 Å². The normalized spacial score (nSPS) is 37.6. The van der Waals surface area contributed by atoms with Gasteiger partial charge in [0.2, 0.25) is 0 Å². The van der Waals surface area contributed by atoms with E-state index in [0.29, 0.717) is 23.5 Å². The van der Waals surface area contributed by atoms with E-state index in [1.807, 2.05) is 11.8 Å². The molecule has 0 radical (unpaired) electrons. The average molecular weight is 172 g/mol. The maximum atomic E-state index is 11.0. The zero-order valence-electron chi connectivity index (χ0n) is 6.41. The molecule has 11 heavy (non-hydrogen) atoms. The molecule has 0 aromatic carbocycles. The van der Waals surface area contributed by atoms with Gasteiger partial charge in [0.05, 0.1) is 6.42 Å². The topological polar surface area (TPSA) is 26.3 Å². The second-order valence-electron chi connectivity index (χ2n) is 3.20. The Labute approximate surface area is 70.7 Å². The summed E-state index contributed by atoms with van der Waals surface area (Å²) in [5.41, 5.74) is 0. The fraction of sp³-hybridized carbons (Fsp3) is 0.875. The molecule has 2 atom stereocenters. The van der Waals surface area contributed by atoms with Crippen molar-refractivity contribution in [3.05, 3.63) is 0 Å². The molecule has 2 aliphatic rings. The molecule has 2 nitrogen and oxygen atoms in total. The van der Waals surface area contributed by atoms with Gasteiger partial charge in [-0.15, -0.1) is 0 Å². The third kappa shape index (κ3) is 1.70. The molecule has 0 N–H and O–H groups in total. The van der Waals surface area contributed by atoms with E-state index >= 15 is 0 Å². The Hall–Kier alpha value is -0.180. The molecular weight excluding hydrogens is 160 g/mol. The highest BCUT2D eigenvalue weighted by Crippen LogP contribution is 2.35. The van der Waals surface area contributed by atoms with Crippen molar-refractivity contribution in [1.82, 2.24) is 0 Å². The van der Waals surface area contributed by atoms with Crippen LogP contribution < -0.4 is 0 Å². The zero-order valence-corrected chi connectivity index (χ0v) is 7.23. The maximum Gasteiger partial charge on any atom is 0.306 e. The summed E-state index contributed by atoms with van der Waals surface area (Å²) in [5, 5.41) is 1.16. The van der Waals surface area contributed by atoms with Gasteiger partial charge in [-0.3, -0.25) is 4.79 Å². The molecule has 3 heteroatoms. The lowest BCUT2D eigenvalue weighted by molar-refractivity contribution is -0.143. The summed E-state index contributed by atoms with van der Waals surface area (Å²) in [4.78, 5) is 11.0. The second-order valence-corrected chi connectivity index (χ2v) is 4.80. The number of cyclic esters (lactones) is 1. The van der Waals surface area contributed by atoms with Crippen LogP contribution in [-0.2, 0) is 9.53 Å². The molecule has 0 aliphatic carbocycles. The Kier molecular flexibility index (Phi) is 2.07. The molecule has 2 bridgehead atoms. The van der Waals surface area contributed by atoms with Crippen molar-refractivity contribution in [3.8, 4) is 0 Å². The number of esters is 1. The van der Waals surface area contributed by atoms with Crippen molar-refractivity contribution in [2.75, 3.05) is 6.61 Å². The Morgan fingerprint density at radius 1 is 1.36 bits per heavy atom. The van der Waals surface area contributed by atoms with Gasteiger partial charge in [-0.1, -0.05) is 6.42 Å². The summed E-state index contributed by atoms with van der Waals surface area (Å²) in [7, 11) is 0. The van der Waals surface area contributed by atoms with Crippen molar-refractivity contribution < 1.29 is 9.53 Å². The molecule has 62 valence electrons. The summed E-state index contributed by atoms with van der Waals surface area (Å²) < 4.78 is 5.06. The minimum Gasteiger partial charge on any atom is -0.464 e. The van der Waals surface area contributed by atoms with Crippen LogP contribution in [0.15, 0.2) is 0 Å². The lowest BCUT2D eigenvalue weighted by atomic mass is 10.1. The first-order chi connectivity index (χ1) is 5.34. The van der Waals surface area contributed by atoms with Crippen molar-refractivity contribution in [2.45, 2.75) is 36.2 Å². The standard InChI is InChI=1S/C8H12O2S/c9-8-4-6-2-1-3-7(11-6)5-10-8/h6-7H,1-5H2. The van der Waals surface area contributed by atoms with Crippen LogP contribution in [0.3, 0.4) is 0 Å². The third-order valence-corrected chi connectivity index (χ3v) is 3.81. The van der Waals surface area contributed by atoms with E-state index in [2.05, 4.69) is 0 Å². The highest BCUT2D eigenvalue weighted by molar-refractivity contribution is 8.00. The predicted molar refractivity (Wildman–Crippen MR) is 44.6 cm³/mol. The minimum absolute atomic E-state index is 0.00639. The fourth-order valence-corrected chi connectivity index (χ4v) is 3.21. The molecule has 0 aromatic heterocycles. The van der Waals surface area contributed by atoms with E-state index in [0.717, 1.165) is 0 Å². The molecule has 2 aliphatic heterocycles. The van der Waals surface area contributed by atoms with Crippen molar-refractivity contribution in [1.29, 1.82) is 0 Å². The summed E-state index contributed by atoms with van der Waals surface area (Å²) in [6.07, 6.45) is 4.35. The number of ether oxygens (including phenoxy) is 1. The highest BCUT2D eigenvalue weighted by atomic mass is 32.2. The largest absolute Gasteiger partial charge is 0.464 e. The van der Waals surface area contributed by atoms with Crippen LogP contribution in [-0.4, -0.2) is 23.1 Å². The first kappa shape index (κ1) is 7.47. The van der Waals surface area contributed by atoms with Crippen molar-refractivity contribution in [2.24, 2.45) is 0 Å². The quantitative estimate of drug-likeness (QED) is 0.519. The summed E-state index contributed by atoms with van der Waals surface area (Å²) in [6.45, 7) is 0.653. The highest BCUT2D eigenvalue weighted by Gasteiger charge is 2.28. The van der Waals surface area contributed by atoms with Gasteiger partial charge in [0, 0.05) is 10.5 Å². The van der Waals surface area contributed by atoms with E-state index in [4.69, 9.17) is 4.74 Å². The van der Waals surface area contributed by atoms with Gasteiger partial charge in [-0.25, -0.2) is 0 Å². The third-order valence-electron chi connectivity index (χ3n) is 2.26. The van der Waals surface area contributed by atoms with Gasteiger partial charge >= 0.3 is 5.97 Å². The average Bonchev–Trinajstić information content (AvgIpc) is 2.12. The Morgan fingerprint density at radius 2 is 2.18 bits per heavy atom. The monoisotopic (exact) mass is 172 g/mol. The van der Waals surface area contributed by atoms with E-state index in [9.17, 15) is 4.79 Å². The van der Waals surface area contributed by atoms with Crippen LogP contribution in [0.2, 0.25) is 0 Å². The van der Waals surface area contributed by atoms with Crippen molar-refractivity contribution in [3.63, 3.8) is 0 Å². The Balaban J connectivity index is 2.04. The molecule has 0 saturated carbocycles. The number of hydrogen-bond acceptors (Lipinski definition) is 3. The Bertz CT molecular complexity index is 169. The first-order valence-corrected chi connectivity index (χ1v) is 5.10. The lowest BCUT2D eigenvalue weighted by Gasteiger charge is -2.23. The molecule has 0 spiro atoms. The van der Waals surface area contributed by atoms with E-state index in [1.165, 1.54) is 19.3 Å². The van der Waals surface area contributed by atoms with Crippen LogP contribution in [0, 0.1) is 0 Å². The van der Waals surface area contributed by atoms with E-state index in [-0.39, 0.29) is 5.97 Å². The molecular formula is C8H12O2S. The van der Waals surface area contributed by atoms with Gasteiger partial charge in [-0.05, 0) is 12.8 Å². The number of thioether (sulfide) groups is 1. The van der Waals surface area contributed by atoms with Crippen LogP contribution in [0.5, 0.6) is 0 Å². The first-order valence-electron chi connectivity index (χ1n) is 4.15. The molecule has 2 heterocycles. The predicted octanol–water partition coefficient (Wildman–Crippen LogP) is 1.59. The molecule has 2 rings (SSSR count). The molecule has 2 saturated heterocycles. The second kappa shape index (κ2) is 3.05. The number of carbonyl (C=O) groups excluding carboxylic acids is 1. The van der Waals surface area contributed by atoms with Crippen LogP contribution >= 0.6 is 11.8 Å². The Morgan fingerprint density at radius 3 is 3.09 bits per heavy atom. The fourth-order valence-electron chi connectivity index (χ4n) is 1.68. The van der Waals surface area contributed by atoms with E-state index < -0.39 is 0 Å². The molecule has 0 amide bonds. The van der Waals surface area contributed by atoms with Gasteiger partial charge in [-0.2, -0.15) is 11.8 Å². The smallest absolute Gasteiger partial charge is 0.306 e. The van der Waals surface area contributed by atoms with Gasteiger partial charge in [0.1, 0.15) is 6.61 Å². The van der Waals surface area contributed by atoms with Gasteiger partial charge in [0.25, 0.3) is 0 Å². The molecule has 2 fully saturated rings. The van der Waals surface area contributed by atoms with Gasteiger partial charge < -0.3 is 4.74 Å². The summed E-state index contributed by atoms with van der Waals surface area (Å²) in [6, 6.07) is 0. The summed E-state index contributed by atoms with van der Waals surface area (Å²) in [5.74, 6) is 0.00639. The number of carbonyl (C=O) groups is 1. The molecule has 0 aromatic rings. The minimum atomic E-state index is 0.00639. The van der Waals surface area contributed by atoms with Crippen LogP contribution in [0.1, 0.15) is 25.7 Å². The summed E-state index contributed by atoms with van der Waals surface area (Å²) >= 11 is 1.95. The number of fused-ring (bicyclic) bond motifs is 2. The van der Waals surface area contributed by atoms with E-state index in [1.54, 1.807) is 0 Å². The van der Waals surface area contributed by atoms with Gasteiger partial charge in [0.15, 0.2) is 0 Å². The lowest BCUT2D eigenvalue weighted by Crippen LogP contribution is -2.17. The SMILES string of the molecule is O=C1CC2CCCC(CO1)S2.